The van der Waals surface area contributed by atoms with Crippen LogP contribution in [0.2, 0.25) is 0 Å². The third-order valence-electron chi connectivity index (χ3n) is 2.25. The van der Waals surface area contributed by atoms with E-state index in [0.717, 1.165) is 11.3 Å². The minimum atomic E-state index is -0.291. The van der Waals surface area contributed by atoms with E-state index < -0.39 is 0 Å². The quantitative estimate of drug-likeness (QED) is 0.712. The summed E-state index contributed by atoms with van der Waals surface area (Å²) in [5.74, 6) is 0.209. The lowest BCUT2D eigenvalue weighted by Crippen LogP contribution is -2.13. The summed E-state index contributed by atoms with van der Waals surface area (Å²) in [6.45, 7) is 4.01. The van der Waals surface area contributed by atoms with Gasteiger partial charge in [-0.15, -0.1) is 0 Å². The number of hydrogen-bond donors (Lipinski definition) is 0. The largest absolute Gasteiger partial charge is 0.496 e. The first-order valence-electron chi connectivity index (χ1n) is 5.00. The zero-order valence-electron chi connectivity index (χ0n) is 9.32. The molecule has 0 radical (unpaired) electrons. The molecule has 1 aromatic carbocycles. The van der Waals surface area contributed by atoms with E-state index in [2.05, 4.69) is 0 Å². The minimum Gasteiger partial charge on any atom is -0.496 e. The monoisotopic (exact) mass is 208 g/mol. The molecule has 0 aliphatic carbocycles. The molecule has 0 unspecified atom stereocenters. The van der Waals surface area contributed by atoms with Gasteiger partial charge in [-0.1, -0.05) is 18.2 Å². The van der Waals surface area contributed by atoms with Crippen molar-refractivity contribution in [3.63, 3.8) is 0 Å². The lowest BCUT2D eigenvalue weighted by molar-refractivity contribution is -0.144. The van der Waals surface area contributed by atoms with Gasteiger partial charge in [-0.05, 0) is 19.9 Å². The number of benzene rings is 1. The van der Waals surface area contributed by atoms with Gasteiger partial charge in [-0.2, -0.15) is 0 Å². The third-order valence-corrected chi connectivity index (χ3v) is 2.25. The molecular formula is C12H16O3. The number of para-hydroxylation sites is 1. The standard InChI is InChI=1S/C12H16O3/c1-4-15-12(13)9(2)10-7-5-6-8-11(10)14-3/h5-9H,4H2,1-3H3/t9-/m0/s1. The summed E-state index contributed by atoms with van der Waals surface area (Å²) in [6.07, 6.45) is 0. The van der Waals surface area contributed by atoms with E-state index in [1.807, 2.05) is 31.2 Å². The van der Waals surface area contributed by atoms with Crippen LogP contribution in [0, 0.1) is 0 Å². The van der Waals surface area contributed by atoms with Crippen molar-refractivity contribution in [2.75, 3.05) is 13.7 Å². The van der Waals surface area contributed by atoms with Crippen molar-refractivity contribution in [1.82, 2.24) is 0 Å². The average molecular weight is 208 g/mol. The van der Waals surface area contributed by atoms with Crippen LogP contribution in [-0.2, 0) is 9.53 Å². The Morgan fingerprint density at radius 2 is 2.07 bits per heavy atom. The summed E-state index contributed by atoms with van der Waals surface area (Å²) < 4.78 is 10.2. The van der Waals surface area contributed by atoms with Gasteiger partial charge in [0.25, 0.3) is 0 Å². The number of rotatable bonds is 4. The molecule has 1 rings (SSSR count). The minimum absolute atomic E-state index is 0.220. The molecule has 0 saturated carbocycles. The number of ether oxygens (including phenoxy) is 2. The van der Waals surface area contributed by atoms with Gasteiger partial charge < -0.3 is 9.47 Å². The number of esters is 1. The van der Waals surface area contributed by atoms with E-state index >= 15 is 0 Å². The summed E-state index contributed by atoms with van der Waals surface area (Å²) in [7, 11) is 1.59. The molecule has 0 N–H and O–H groups in total. The average Bonchev–Trinajstić information content (AvgIpc) is 2.28. The first kappa shape index (κ1) is 11.6. The summed E-state index contributed by atoms with van der Waals surface area (Å²) >= 11 is 0. The van der Waals surface area contributed by atoms with Crippen LogP contribution in [0.25, 0.3) is 0 Å². The molecule has 0 spiro atoms. The summed E-state index contributed by atoms with van der Waals surface area (Å²) in [6, 6.07) is 7.47. The van der Waals surface area contributed by atoms with Crippen LogP contribution in [0.1, 0.15) is 25.3 Å². The van der Waals surface area contributed by atoms with Gasteiger partial charge >= 0.3 is 5.97 Å². The topological polar surface area (TPSA) is 35.5 Å². The van der Waals surface area contributed by atoms with Gasteiger partial charge in [0, 0.05) is 5.56 Å². The fraction of sp³-hybridized carbons (Fsp3) is 0.417. The molecule has 0 fully saturated rings. The number of hydrogen-bond acceptors (Lipinski definition) is 3. The Hall–Kier alpha value is -1.51. The van der Waals surface area contributed by atoms with Crippen molar-refractivity contribution in [3.8, 4) is 5.75 Å². The smallest absolute Gasteiger partial charge is 0.313 e. The predicted octanol–water partition coefficient (Wildman–Crippen LogP) is 2.36. The van der Waals surface area contributed by atoms with E-state index in [1.165, 1.54) is 0 Å². The highest BCUT2D eigenvalue weighted by Gasteiger charge is 2.19. The Morgan fingerprint density at radius 3 is 2.67 bits per heavy atom. The molecule has 0 heterocycles. The molecule has 0 amide bonds. The Morgan fingerprint density at radius 1 is 1.40 bits per heavy atom. The Labute approximate surface area is 90.0 Å². The first-order chi connectivity index (χ1) is 7.20. The van der Waals surface area contributed by atoms with Gasteiger partial charge in [0.1, 0.15) is 5.75 Å². The van der Waals surface area contributed by atoms with Gasteiger partial charge in [-0.25, -0.2) is 0 Å². The van der Waals surface area contributed by atoms with E-state index in [4.69, 9.17) is 9.47 Å². The van der Waals surface area contributed by atoms with Gasteiger partial charge in [0.15, 0.2) is 0 Å². The van der Waals surface area contributed by atoms with Crippen LogP contribution < -0.4 is 4.74 Å². The predicted molar refractivity (Wildman–Crippen MR) is 58.0 cm³/mol. The SMILES string of the molecule is CCOC(=O)[C@@H](C)c1ccccc1OC. The third kappa shape index (κ3) is 2.72. The van der Waals surface area contributed by atoms with Crippen LogP contribution in [0.5, 0.6) is 5.75 Å². The van der Waals surface area contributed by atoms with E-state index in [9.17, 15) is 4.79 Å². The highest BCUT2D eigenvalue weighted by molar-refractivity contribution is 5.78. The zero-order chi connectivity index (χ0) is 11.3. The van der Waals surface area contributed by atoms with Gasteiger partial charge in [0.05, 0.1) is 19.6 Å². The Bertz CT molecular complexity index is 333. The Kier molecular flexibility index (Phi) is 4.16. The maximum Gasteiger partial charge on any atom is 0.313 e. The molecule has 0 aliphatic heterocycles. The summed E-state index contributed by atoms with van der Waals surface area (Å²) in [5.41, 5.74) is 0.860. The van der Waals surface area contributed by atoms with Crippen molar-refractivity contribution >= 4 is 5.97 Å². The first-order valence-corrected chi connectivity index (χ1v) is 5.00. The fourth-order valence-electron chi connectivity index (χ4n) is 1.42. The molecule has 3 heteroatoms. The van der Waals surface area contributed by atoms with E-state index in [1.54, 1.807) is 14.0 Å². The van der Waals surface area contributed by atoms with Crippen molar-refractivity contribution in [2.45, 2.75) is 19.8 Å². The highest BCUT2D eigenvalue weighted by atomic mass is 16.5. The second-order valence-electron chi connectivity index (χ2n) is 3.22. The van der Waals surface area contributed by atoms with Crippen LogP contribution in [0.4, 0.5) is 0 Å². The van der Waals surface area contributed by atoms with Crippen LogP contribution in [-0.4, -0.2) is 19.7 Å². The zero-order valence-corrected chi connectivity index (χ0v) is 9.32. The van der Waals surface area contributed by atoms with Crippen LogP contribution in [0.15, 0.2) is 24.3 Å². The lowest BCUT2D eigenvalue weighted by Gasteiger charge is -2.13. The molecular weight excluding hydrogens is 192 g/mol. The molecule has 0 aliphatic rings. The summed E-state index contributed by atoms with van der Waals surface area (Å²) in [5, 5.41) is 0. The number of carbonyl (C=O) groups is 1. The summed E-state index contributed by atoms with van der Waals surface area (Å²) in [4.78, 5) is 11.5. The molecule has 82 valence electrons. The lowest BCUT2D eigenvalue weighted by atomic mass is 10.0. The van der Waals surface area contributed by atoms with Gasteiger partial charge in [-0.3, -0.25) is 4.79 Å². The number of methoxy groups -OCH3 is 1. The van der Waals surface area contributed by atoms with Crippen molar-refractivity contribution in [2.24, 2.45) is 0 Å². The Balaban J connectivity index is 2.89. The molecule has 1 aromatic rings. The fourth-order valence-corrected chi connectivity index (χ4v) is 1.42. The van der Waals surface area contributed by atoms with Crippen LogP contribution in [0.3, 0.4) is 0 Å². The molecule has 0 saturated heterocycles. The van der Waals surface area contributed by atoms with Gasteiger partial charge in [0.2, 0.25) is 0 Å². The second-order valence-corrected chi connectivity index (χ2v) is 3.22. The molecule has 1 atom stereocenters. The number of carbonyl (C=O) groups excluding carboxylic acids is 1. The highest BCUT2D eigenvalue weighted by Crippen LogP contribution is 2.26. The normalized spacial score (nSPS) is 11.9. The second kappa shape index (κ2) is 5.39. The van der Waals surface area contributed by atoms with Crippen molar-refractivity contribution < 1.29 is 14.3 Å². The van der Waals surface area contributed by atoms with Crippen molar-refractivity contribution in [3.05, 3.63) is 29.8 Å². The molecule has 0 aromatic heterocycles. The maximum absolute atomic E-state index is 11.5. The van der Waals surface area contributed by atoms with Crippen molar-refractivity contribution in [1.29, 1.82) is 0 Å². The van der Waals surface area contributed by atoms with Crippen LogP contribution >= 0.6 is 0 Å². The maximum atomic E-state index is 11.5. The van der Waals surface area contributed by atoms with E-state index in [-0.39, 0.29) is 11.9 Å². The molecule has 0 bridgehead atoms. The van der Waals surface area contributed by atoms with E-state index in [0.29, 0.717) is 6.61 Å². The molecule has 3 nitrogen and oxygen atoms in total. The molecule has 15 heavy (non-hydrogen) atoms.